The highest BCUT2D eigenvalue weighted by Gasteiger charge is 2.35. The molecule has 1 amide bonds. The smallest absolute Gasteiger partial charge is 0.282 e. The Hall–Kier alpha value is -0.700. The highest BCUT2D eigenvalue weighted by molar-refractivity contribution is 7.86. The number of piperazine rings is 1. The molecule has 2 fully saturated rings. The van der Waals surface area contributed by atoms with Gasteiger partial charge in [0.25, 0.3) is 10.2 Å². The van der Waals surface area contributed by atoms with E-state index in [1.807, 2.05) is 4.90 Å². The van der Waals surface area contributed by atoms with Gasteiger partial charge in [-0.3, -0.25) is 9.69 Å². The number of hydrogen-bond donors (Lipinski definition) is 1. The number of nitrogens with two attached hydrogens (primary N) is 1. The molecule has 2 aliphatic heterocycles. The van der Waals surface area contributed by atoms with E-state index in [4.69, 9.17) is 5.73 Å². The van der Waals surface area contributed by atoms with Crippen LogP contribution in [0.4, 0.5) is 0 Å². The minimum Gasteiger partial charge on any atom is -0.368 e. The second kappa shape index (κ2) is 5.74. The molecule has 0 saturated carbocycles. The van der Waals surface area contributed by atoms with Crippen molar-refractivity contribution in [1.82, 2.24) is 13.5 Å². The van der Waals surface area contributed by atoms with Crippen molar-refractivity contribution in [2.75, 3.05) is 39.3 Å². The third-order valence-corrected chi connectivity index (χ3v) is 5.99. The maximum absolute atomic E-state index is 12.3. The highest BCUT2D eigenvalue weighted by Crippen LogP contribution is 2.18. The molecule has 2 saturated heterocycles. The summed E-state index contributed by atoms with van der Waals surface area (Å²) in [7, 11) is -3.31. The molecular weight excluding hydrogens is 268 g/mol. The summed E-state index contributed by atoms with van der Waals surface area (Å²) in [5, 5.41) is 0. The molecule has 0 unspecified atom stereocenters. The zero-order valence-corrected chi connectivity index (χ0v) is 12.1. The fourth-order valence-electron chi connectivity index (χ4n) is 2.58. The Kier molecular flexibility index (Phi) is 4.44. The lowest BCUT2D eigenvalue weighted by Crippen LogP contribution is -2.56. The van der Waals surface area contributed by atoms with E-state index >= 15 is 0 Å². The second-order valence-corrected chi connectivity index (χ2v) is 7.06. The van der Waals surface area contributed by atoms with Crippen molar-refractivity contribution in [2.45, 2.75) is 25.8 Å². The fraction of sp³-hybridized carbons (Fsp3) is 0.909. The molecule has 7 nitrogen and oxygen atoms in total. The number of amides is 1. The van der Waals surface area contributed by atoms with Crippen molar-refractivity contribution in [3.8, 4) is 0 Å². The summed E-state index contributed by atoms with van der Waals surface area (Å²) < 4.78 is 27.8. The molecule has 0 bridgehead atoms. The van der Waals surface area contributed by atoms with Crippen molar-refractivity contribution in [3.63, 3.8) is 0 Å². The lowest BCUT2D eigenvalue weighted by molar-refractivity contribution is -0.123. The number of nitrogens with zero attached hydrogens (tertiary/aromatic N) is 3. The molecule has 1 atom stereocenters. The number of rotatable bonds is 4. The minimum atomic E-state index is -3.31. The zero-order valence-electron chi connectivity index (χ0n) is 11.3. The molecule has 0 aromatic rings. The van der Waals surface area contributed by atoms with E-state index in [9.17, 15) is 13.2 Å². The average Bonchev–Trinajstić information content (AvgIpc) is 2.92. The Morgan fingerprint density at radius 2 is 1.47 bits per heavy atom. The first-order valence-electron chi connectivity index (χ1n) is 6.71. The molecular formula is C11H22N4O3S. The van der Waals surface area contributed by atoms with Crippen molar-refractivity contribution in [2.24, 2.45) is 5.73 Å². The van der Waals surface area contributed by atoms with Crippen molar-refractivity contribution < 1.29 is 13.2 Å². The summed E-state index contributed by atoms with van der Waals surface area (Å²) in [5.74, 6) is -0.365. The van der Waals surface area contributed by atoms with E-state index in [1.165, 1.54) is 4.31 Å². The number of primary amides is 1. The molecule has 2 heterocycles. The Morgan fingerprint density at radius 3 is 1.95 bits per heavy atom. The molecule has 8 heteroatoms. The quantitative estimate of drug-likeness (QED) is 0.706. The fourth-order valence-corrected chi connectivity index (χ4v) is 4.25. The third kappa shape index (κ3) is 3.07. The van der Waals surface area contributed by atoms with Gasteiger partial charge in [0.05, 0.1) is 6.04 Å². The topological polar surface area (TPSA) is 87.0 Å². The van der Waals surface area contributed by atoms with Crippen LogP contribution in [0.1, 0.15) is 19.8 Å². The largest absolute Gasteiger partial charge is 0.368 e. The van der Waals surface area contributed by atoms with Gasteiger partial charge in [0.1, 0.15) is 0 Å². The van der Waals surface area contributed by atoms with Crippen LogP contribution in [-0.4, -0.2) is 73.1 Å². The normalized spacial score (nSPS) is 25.5. The van der Waals surface area contributed by atoms with E-state index in [-0.39, 0.29) is 11.9 Å². The highest BCUT2D eigenvalue weighted by atomic mass is 32.2. The van der Waals surface area contributed by atoms with Crippen LogP contribution < -0.4 is 5.73 Å². The first-order valence-corrected chi connectivity index (χ1v) is 8.11. The maximum Gasteiger partial charge on any atom is 0.282 e. The number of carbonyl (C=O) groups is 1. The van der Waals surface area contributed by atoms with Crippen molar-refractivity contribution in [1.29, 1.82) is 0 Å². The van der Waals surface area contributed by atoms with Gasteiger partial charge in [0.2, 0.25) is 5.91 Å². The maximum atomic E-state index is 12.3. The Labute approximate surface area is 114 Å². The summed E-state index contributed by atoms with van der Waals surface area (Å²) in [6.45, 7) is 4.97. The predicted octanol–water partition coefficient (Wildman–Crippen LogP) is -1.18. The molecule has 0 aliphatic carbocycles. The molecule has 19 heavy (non-hydrogen) atoms. The minimum absolute atomic E-state index is 0.336. The molecule has 0 aromatic heterocycles. The van der Waals surface area contributed by atoms with Crippen LogP contribution in [0.3, 0.4) is 0 Å². The molecule has 0 radical (unpaired) electrons. The van der Waals surface area contributed by atoms with E-state index in [1.54, 1.807) is 11.2 Å². The Bertz CT molecular complexity index is 425. The summed E-state index contributed by atoms with van der Waals surface area (Å²) in [6, 6.07) is -0.336. The van der Waals surface area contributed by atoms with E-state index in [0.717, 1.165) is 12.8 Å². The predicted molar refractivity (Wildman–Crippen MR) is 71.5 cm³/mol. The van der Waals surface area contributed by atoms with Gasteiger partial charge in [-0.2, -0.15) is 17.0 Å². The molecule has 0 aromatic carbocycles. The van der Waals surface area contributed by atoms with Gasteiger partial charge >= 0.3 is 0 Å². The lowest BCUT2D eigenvalue weighted by Gasteiger charge is -2.37. The molecule has 110 valence electrons. The summed E-state index contributed by atoms with van der Waals surface area (Å²) in [4.78, 5) is 13.1. The van der Waals surface area contributed by atoms with E-state index in [2.05, 4.69) is 0 Å². The van der Waals surface area contributed by atoms with Crippen LogP contribution in [0.5, 0.6) is 0 Å². The van der Waals surface area contributed by atoms with Gasteiger partial charge in [0, 0.05) is 39.3 Å². The molecule has 2 N–H and O–H groups in total. The Morgan fingerprint density at radius 1 is 1.00 bits per heavy atom. The summed E-state index contributed by atoms with van der Waals surface area (Å²) in [6.07, 6.45) is 1.88. The Balaban J connectivity index is 1.94. The van der Waals surface area contributed by atoms with E-state index < -0.39 is 10.2 Å². The molecule has 0 spiro atoms. The monoisotopic (exact) mass is 290 g/mol. The van der Waals surface area contributed by atoms with Gasteiger partial charge < -0.3 is 5.73 Å². The number of carbonyl (C=O) groups excluding carboxylic acids is 1. The van der Waals surface area contributed by atoms with Crippen molar-refractivity contribution >= 4 is 16.1 Å². The summed E-state index contributed by atoms with van der Waals surface area (Å²) in [5.41, 5.74) is 5.27. The van der Waals surface area contributed by atoms with Gasteiger partial charge in [-0.15, -0.1) is 0 Å². The first-order chi connectivity index (χ1) is 8.93. The standard InChI is InChI=1S/C11H22N4O3S/c1-10(11(12)16)13-6-8-15(9-7-13)19(17,18)14-4-2-3-5-14/h10H,2-9H2,1H3,(H2,12,16)/t10-/m0/s1. The van der Waals surface area contributed by atoms with Crippen LogP contribution in [0.25, 0.3) is 0 Å². The zero-order chi connectivity index (χ0) is 14.0. The lowest BCUT2D eigenvalue weighted by atomic mass is 10.2. The average molecular weight is 290 g/mol. The summed E-state index contributed by atoms with van der Waals surface area (Å²) >= 11 is 0. The van der Waals surface area contributed by atoms with Crippen molar-refractivity contribution in [3.05, 3.63) is 0 Å². The van der Waals surface area contributed by atoms with Crippen LogP contribution in [-0.2, 0) is 15.0 Å². The second-order valence-electron chi connectivity index (χ2n) is 5.13. The third-order valence-electron chi connectivity index (χ3n) is 3.95. The van der Waals surface area contributed by atoms with Gasteiger partial charge in [0.15, 0.2) is 0 Å². The van der Waals surface area contributed by atoms with Crippen LogP contribution in [0.15, 0.2) is 0 Å². The van der Waals surface area contributed by atoms with Crippen LogP contribution >= 0.6 is 0 Å². The van der Waals surface area contributed by atoms with Gasteiger partial charge in [-0.05, 0) is 19.8 Å². The van der Waals surface area contributed by atoms with Gasteiger partial charge in [-0.25, -0.2) is 0 Å². The SMILES string of the molecule is C[C@@H](C(N)=O)N1CCN(S(=O)(=O)N2CCCC2)CC1. The molecule has 2 aliphatic rings. The van der Waals surface area contributed by atoms with Crippen LogP contribution in [0.2, 0.25) is 0 Å². The molecule has 2 rings (SSSR count). The van der Waals surface area contributed by atoms with Crippen LogP contribution in [0, 0.1) is 0 Å². The van der Waals surface area contributed by atoms with Gasteiger partial charge in [-0.1, -0.05) is 0 Å². The van der Waals surface area contributed by atoms with E-state index in [0.29, 0.717) is 39.3 Å². The first kappa shape index (κ1) is 14.7. The number of hydrogen-bond acceptors (Lipinski definition) is 4.